The summed E-state index contributed by atoms with van der Waals surface area (Å²) in [5.74, 6) is -0.288. The number of anilines is 1. The third kappa shape index (κ3) is 5.88. The molecule has 5 N–H and O–H groups in total. The first-order chi connectivity index (χ1) is 13.3. The molecule has 1 aromatic carbocycles. The lowest BCUT2D eigenvalue weighted by Gasteiger charge is -2.01. The minimum atomic E-state index is -0.847. The van der Waals surface area contributed by atoms with Crippen LogP contribution in [-0.4, -0.2) is 27.6 Å². The van der Waals surface area contributed by atoms with Crippen molar-refractivity contribution in [2.75, 3.05) is 5.43 Å². The van der Waals surface area contributed by atoms with Gasteiger partial charge in [0.15, 0.2) is 0 Å². The molecule has 2 aromatic rings. The van der Waals surface area contributed by atoms with Crippen LogP contribution in [0.2, 0.25) is 0 Å². The van der Waals surface area contributed by atoms with Crippen LogP contribution < -0.4 is 22.0 Å². The van der Waals surface area contributed by atoms with Crippen molar-refractivity contribution in [3.8, 4) is 0 Å². The zero-order valence-corrected chi connectivity index (χ0v) is 15.7. The van der Waals surface area contributed by atoms with Crippen molar-refractivity contribution < 1.29 is 14.5 Å². The molecule has 11 nitrogen and oxygen atoms in total. The molecule has 146 valence electrons. The first-order valence-electron chi connectivity index (χ1n) is 7.82. The maximum Gasteiger partial charge on any atom is 0.332 e. The molecule has 0 spiro atoms. The van der Waals surface area contributed by atoms with Gasteiger partial charge in [-0.1, -0.05) is 29.5 Å². The van der Waals surface area contributed by atoms with Crippen molar-refractivity contribution in [2.24, 2.45) is 10.8 Å². The predicted molar refractivity (Wildman–Crippen MR) is 106 cm³/mol. The van der Waals surface area contributed by atoms with Gasteiger partial charge in [0.1, 0.15) is 5.71 Å². The number of nitro benzene ring substituents is 1. The average Bonchev–Trinajstić information content (AvgIpc) is 3.00. The number of hydrazone groups is 1. The van der Waals surface area contributed by atoms with Gasteiger partial charge in [-0.15, -0.1) is 0 Å². The molecule has 3 amide bonds. The number of primary amides is 1. The molecular formula is C16H17N7O4S. The van der Waals surface area contributed by atoms with Crippen LogP contribution in [0, 0.1) is 17.0 Å². The van der Waals surface area contributed by atoms with Gasteiger partial charge in [-0.2, -0.15) is 5.10 Å². The first-order valence-corrected chi connectivity index (χ1v) is 8.64. The normalized spacial score (nSPS) is 11.3. The Kier molecular flexibility index (Phi) is 6.76. The van der Waals surface area contributed by atoms with E-state index in [0.29, 0.717) is 27.0 Å². The minimum absolute atomic E-state index is 0.0494. The lowest BCUT2D eigenvalue weighted by atomic mass is 10.1. The zero-order chi connectivity index (χ0) is 20.7. The fraction of sp³-hybridized carbons (Fsp3) is 0.125. The lowest BCUT2D eigenvalue weighted by Crippen LogP contribution is -2.26. The van der Waals surface area contributed by atoms with Gasteiger partial charge < -0.3 is 5.73 Å². The van der Waals surface area contributed by atoms with E-state index in [4.69, 9.17) is 5.73 Å². The molecule has 0 bridgehead atoms. The number of non-ortho nitro benzene ring substituents is 1. The van der Waals surface area contributed by atoms with E-state index >= 15 is 0 Å². The van der Waals surface area contributed by atoms with Crippen molar-refractivity contribution in [2.45, 2.75) is 13.8 Å². The number of aromatic nitrogens is 1. The molecule has 0 atom stereocenters. The number of nitrogens with zero attached hydrogens (tertiary/aromatic N) is 3. The van der Waals surface area contributed by atoms with Gasteiger partial charge in [-0.25, -0.2) is 15.2 Å². The SMILES string of the molecule is CC(=O)NNc1nc(C)c(C(/C=C/c2cccc([N+](=O)[O-])c2)=N/NC(N)=O)s1. The molecule has 0 aliphatic rings. The maximum atomic E-state index is 11.0. The van der Waals surface area contributed by atoms with E-state index < -0.39 is 11.0 Å². The predicted octanol–water partition coefficient (Wildman–Crippen LogP) is 1.91. The summed E-state index contributed by atoms with van der Waals surface area (Å²) >= 11 is 1.19. The molecule has 0 aliphatic heterocycles. The number of hydrazine groups is 1. The van der Waals surface area contributed by atoms with Crippen LogP contribution in [0.4, 0.5) is 15.6 Å². The van der Waals surface area contributed by atoms with Gasteiger partial charge >= 0.3 is 6.03 Å². The standard InChI is InChI=1S/C16H17N7O4S/c1-9-14(28-16(18-9)22-19-10(2)24)13(20-21-15(17)25)7-6-11-4-3-5-12(8-11)23(26)27/h3-8H,1-2H3,(H,18,22)(H,19,24)(H3,17,21,25)/b7-6+,20-13+. The summed E-state index contributed by atoms with van der Waals surface area (Å²) in [6.45, 7) is 3.07. The van der Waals surface area contributed by atoms with Crippen molar-refractivity contribution in [1.29, 1.82) is 0 Å². The summed E-state index contributed by atoms with van der Waals surface area (Å²) in [5.41, 5.74) is 13.7. The van der Waals surface area contributed by atoms with E-state index in [1.807, 2.05) is 0 Å². The number of nitrogens with two attached hydrogens (primary N) is 1. The van der Waals surface area contributed by atoms with Crippen LogP contribution in [-0.2, 0) is 4.79 Å². The molecule has 0 saturated heterocycles. The van der Waals surface area contributed by atoms with Crippen molar-refractivity contribution >= 4 is 45.9 Å². The maximum absolute atomic E-state index is 11.0. The summed E-state index contributed by atoms with van der Waals surface area (Å²) in [6.07, 6.45) is 3.17. The van der Waals surface area contributed by atoms with Gasteiger partial charge in [-0.05, 0) is 18.6 Å². The number of carbonyl (C=O) groups excluding carboxylic acids is 2. The van der Waals surface area contributed by atoms with Gasteiger partial charge in [0.2, 0.25) is 11.0 Å². The monoisotopic (exact) mass is 403 g/mol. The van der Waals surface area contributed by atoms with Gasteiger partial charge in [0, 0.05) is 19.1 Å². The second-order valence-electron chi connectivity index (χ2n) is 5.40. The van der Waals surface area contributed by atoms with E-state index in [0.717, 1.165) is 0 Å². The largest absolute Gasteiger partial charge is 0.350 e. The highest BCUT2D eigenvalue weighted by atomic mass is 32.1. The van der Waals surface area contributed by atoms with E-state index in [-0.39, 0.29) is 11.6 Å². The highest BCUT2D eigenvalue weighted by Crippen LogP contribution is 2.24. The number of nitrogens with one attached hydrogen (secondary N) is 3. The minimum Gasteiger partial charge on any atom is -0.350 e. The number of urea groups is 1. The Labute approximate surface area is 163 Å². The Morgan fingerprint density at radius 1 is 1.39 bits per heavy atom. The molecule has 2 rings (SSSR count). The average molecular weight is 403 g/mol. The van der Waals surface area contributed by atoms with E-state index in [1.54, 1.807) is 31.2 Å². The molecule has 12 heteroatoms. The summed E-state index contributed by atoms with van der Waals surface area (Å²) in [5, 5.41) is 15.3. The Morgan fingerprint density at radius 2 is 2.14 bits per heavy atom. The molecular weight excluding hydrogens is 386 g/mol. The Morgan fingerprint density at radius 3 is 2.79 bits per heavy atom. The Hall–Kier alpha value is -3.80. The number of aryl methyl sites for hydroxylation is 1. The van der Waals surface area contributed by atoms with Crippen LogP contribution >= 0.6 is 11.3 Å². The summed E-state index contributed by atoms with van der Waals surface area (Å²) in [7, 11) is 0. The van der Waals surface area contributed by atoms with E-state index in [1.165, 1.54) is 30.4 Å². The molecule has 28 heavy (non-hydrogen) atoms. The number of benzene rings is 1. The second kappa shape index (κ2) is 9.23. The summed E-state index contributed by atoms with van der Waals surface area (Å²) in [4.78, 5) is 37.3. The number of hydrogen-bond acceptors (Lipinski definition) is 8. The lowest BCUT2D eigenvalue weighted by molar-refractivity contribution is -0.384. The fourth-order valence-corrected chi connectivity index (χ4v) is 2.91. The van der Waals surface area contributed by atoms with Gasteiger partial charge in [0.25, 0.3) is 5.69 Å². The number of amides is 3. The number of carbonyl (C=O) groups is 2. The molecule has 1 aromatic heterocycles. The number of thiazole rings is 1. The van der Waals surface area contributed by atoms with E-state index in [9.17, 15) is 19.7 Å². The summed E-state index contributed by atoms with van der Waals surface area (Å²) in [6, 6.07) is 5.18. The fourth-order valence-electron chi connectivity index (χ4n) is 2.03. The highest BCUT2D eigenvalue weighted by Gasteiger charge is 2.13. The zero-order valence-electron chi connectivity index (χ0n) is 14.9. The van der Waals surface area contributed by atoms with Gasteiger partial charge in [-0.3, -0.25) is 25.8 Å². The first kappa shape index (κ1) is 20.5. The van der Waals surface area contributed by atoms with Crippen LogP contribution in [0.15, 0.2) is 35.4 Å². The van der Waals surface area contributed by atoms with Crippen molar-refractivity contribution in [3.05, 3.63) is 56.6 Å². The van der Waals surface area contributed by atoms with Crippen molar-refractivity contribution in [1.82, 2.24) is 15.8 Å². The second-order valence-corrected chi connectivity index (χ2v) is 6.40. The molecule has 0 unspecified atom stereocenters. The molecule has 1 heterocycles. The van der Waals surface area contributed by atoms with Crippen LogP contribution in [0.25, 0.3) is 6.08 Å². The van der Waals surface area contributed by atoms with Crippen LogP contribution in [0.5, 0.6) is 0 Å². The summed E-state index contributed by atoms with van der Waals surface area (Å²) < 4.78 is 0. The molecule has 0 fully saturated rings. The Bertz CT molecular complexity index is 968. The number of allylic oxidation sites excluding steroid dienone is 1. The van der Waals surface area contributed by atoms with Gasteiger partial charge in [0.05, 0.1) is 15.5 Å². The van der Waals surface area contributed by atoms with Crippen LogP contribution in [0.3, 0.4) is 0 Å². The topological polar surface area (TPSA) is 165 Å². The highest BCUT2D eigenvalue weighted by molar-refractivity contribution is 7.17. The third-order valence-electron chi connectivity index (χ3n) is 3.18. The molecule has 0 aliphatic carbocycles. The quantitative estimate of drug-likeness (QED) is 0.313. The van der Waals surface area contributed by atoms with Crippen molar-refractivity contribution in [3.63, 3.8) is 0 Å². The number of rotatable bonds is 7. The molecule has 0 radical (unpaired) electrons. The number of hydrogen-bond donors (Lipinski definition) is 4. The Balaban J connectivity index is 2.34. The smallest absolute Gasteiger partial charge is 0.332 e. The number of nitro groups is 1. The third-order valence-corrected chi connectivity index (χ3v) is 4.27. The molecule has 0 saturated carbocycles. The van der Waals surface area contributed by atoms with Crippen LogP contribution in [0.1, 0.15) is 23.1 Å². The van der Waals surface area contributed by atoms with E-state index in [2.05, 4.69) is 26.4 Å².